The smallest absolute Gasteiger partial charge is 0.270 e. The summed E-state index contributed by atoms with van der Waals surface area (Å²) in [6, 6.07) is 20.6. The van der Waals surface area contributed by atoms with Crippen molar-refractivity contribution in [3.8, 4) is 0 Å². The third-order valence-electron chi connectivity index (χ3n) is 5.70. The first-order valence-corrected chi connectivity index (χ1v) is 10.0. The third kappa shape index (κ3) is 4.21. The van der Waals surface area contributed by atoms with E-state index in [-0.39, 0.29) is 11.8 Å². The fraction of sp³-hybridized carbons (Fsp3) is 0.391. The molecular formula is C23H27N3O. The molecule has 0 spiro atoms. The Kier molecular flexibility index (Phi) is 5.52. The number of carbonyl (C=O) groups excluding carboxylic acids is 1. The molecule has 4 rings (SSSR count). The highest BCUT2D eigenvalue weighted by Gasteiger charge is 2.40. The molecule has 2 aliphatic rings. The van der Waals surface area contributed by atoms with E-state index < -0.39 is 0 Å². The van der Waals surface area contributed by atoms with Crippen molar-refractivity contribution in [1.29, 1.82) is 0 Å². The van der Waals surface area contributed by atoms with Crippen molar-refractivity contribution in [3.05, 3.63) is 66.2 Å². The molecule has 0 radical (unpaired) electrons. The summed E-state index contributed by atoms with van der Waals surface area (Å²) in [5, 5.41) is 4.57. The number of likely N-dealkylation sites (tertiary alicyclic amines) is 1. The Bertz CT molecular complexity index is 782. The van der Waals surface area contributed by atoms with E-state index in [4.69, 9.17) is 0 Å². The number of para-hydroxylation sites is 1. The van der Waals surface area contributed by atoms with Crippen LogP contribution >= 0.6 is 0 Å². The molecule has 2 fully saturated rings. The summed E-state index contributed by atoms with van der Waals surface area (Å²) in [5.41, 5.74) is 5.94. The maximum Gasteiger partial charge on any atom is 0.270 e. The van der Waals surface area contributed by atoms with Crippen LogP contribution in [0.15, 0.2) is 65.8 Å². The molecule has 1 N–H and O–H groups in total. The molecule has 1 amide bonds. The lowest BCUT2D eigenvalue weighted by atomic mass is 9.94. The molecular weight excluding hydrogens is 334 g/mol. The molecule has 0 bridgehead atoms. The summed E-state index contributed by atoms with van der Waals surface area (Å²) in [4.78, 5) is 15.3. The van der Waals surface area contributed by atoms with Crippen LogP contribution in [0.3, 0.4) is 0 Å². The van der Waals surface area contributed by atoms with Crippen molar-refractivity contribution < 1.29 is 4.79 Å². The molecule has 0 aromatic heterocycles. The van der Waals surface area contributed by atoms with Crippen LogP contribution in [-0.2, 0) is 11.2 Å². The number of benzene rings is 2. The minimum Gasteiger partial charge on any atom is -0.334 e. The molecule has 1 atom stereocenters. The first kappa shape index (κ1) is 17.8. The number of anilines is 1. The third-order valence-corrected chi connectivity index (χ3v) is 5.70. The summed E-state index contributed by atoms with van der Waals surface area (Å²) in [6.07, 6.45) is 6.86. The Hall–Kier alpha value is -2.62. The van der Waals surface area contributed by atoms with Crippen LogP contribution < -0.4 is 5.43 Å². The zero-order valence-electron chi connectivity index (χ0n) is 15.7. The predicted molar refractivity (Wildman–Crippen MR) is 110 cm³/mol. The number of hydrogen-bond acceptors (Lipinski definition) is 3. The number of hydrazone groups is 1. The Balaban J connectivity index is 1.56. The minimum atomic E-state index is 0.117. The SMILES string of the molecule is O=C1C(=NNc2ccccc2)C(Cc2ccccc2)CN1C1CCCCC1. The standard InChI is InChI=1S/C23H27N3O/c27-23-22(25-24-20-12-6-2-7-13-20)19(16-18-10-4-1-5-11-18)17-26(23)21-14-8-3-9-15-21/h1-2,4-7,10-13,19,21,24H,3,8-9,14-17H2. The van der Waals surface area contributed by atoms with Crippen molar-refractivity contribution in [2.45, 2.75) is 44.6 Å². The fourth-order valence-corrected chi connectivity index (χ4v) is 4.27. The van der Waals surface area contributed by atoms with Gasteiger partial charge in [-0.15, -0.1) is 0 Å². The summed E-state index contributed by atoms with van der Waals surface area (Å²) >= 11 is 0. The minimum absolute atomic E-state index is 0.117. The molecule has 1 unspecified atom stereocenters. The largest absolute Gasteiger partial charge is 0.334 e. The Morgan fingerprint density at radius 3 is 2.30 bits per heavy atom. The van der Waals surface area contributed by atoms with E-state index in [0.717, 1.165) is 31.5 Å². The maximum absolute atomic E-state index is 13.2. The van der Waals surface area contributed by atoms with Gasteiger partial charge in [0.2, 0.25) is 0 Å². The molecule has 2 aromatic rings. The van der Waals surface area contributed by atoms with Crippen LogP contribution in [0.2, 0.25) is 0 Å². The number of rotatable bonds is 5. The Morgan fingerprint density at radius 1 is 0.926 bits per heavy atom. The number of carbonyl (C=O) groups is 1. The van der Waals surface area contributed by atoms with E-state index in [1.54, 1.807) is 0 Å². The van der Waals surface area contributed by atoms with Gasteiger partial charge < -0.3 is 4.90 Å². The van der Waals surface area contributed by atoms with Gasteiger partial charge in [0.05, 0.1) is 5.69 Å². The van der Waals surface area contributed by atoms with Crippen LogP contribution in [0.25, 0.3) is 0 Å². The van der Waals surface area contributed by atoms with Gasteiger partial charge in [0.25, 0.3) is 5.91 Å². The molecule has 1 aliphatic carbocycles. The lowest BCUT2D eigenvalue weighted by Gasteiger charge is -2.30. The quantitative estimate of drug-likeness (QED) is 0.798. The van der Waals surface area contributed by atoms with Gasteiger partial charge in [0, 0.05) is 18.5 Å². The normalized spacial score (nSPS) is 22.4. The first-order chi connectivity index (χ1) is 13.3. The van der Waals surface area contributed by atoms with Crippen LogP contribution in [0.1, 0.15) is 37.7 Å². The van der Waals surface area contributed by atoms with Gasteiger partial charge in [-0.2, -0.15) is 5.10 Å². The highest BCUT2D eigenvalue weighted by molar-refractivity contribution is 6.41. The van der Waals surface area contributed by atoms with Gasteiger partial charge in [-0.05, 0) is 37.0 Å². The average molecular weight is 361 g/mol. The van der Waals surface area contributed by atoms with Crippen molar-refractivity contribution in [3.63, 3.8) is 0 Å². The van der Waals surface area contributed by atoms with Crippen molar-refractivity contribution >= 4 is 17.3 Å². The first-order valence-electron chi connectivity index (χ1n) is 10.0. The maximum atomic E-state index is 13.2. The highest BCUT2D eigenvalue weighted by atomic mass is 16.2. The highest BCUT2D eigenvalue weighted by Crippen LogP contribution is 2.29. The molecule has 4 nitrogen and oxygen atoms in total. The summed E-state index contributed by atoms with van der Waals surface area (Å²) in [7, 11) is 0. The number of hydrogen-bond donors (Lipinski definition) is 1. The second-order valence-electron chi connectivity index (χ2n) is 7.61. The molecule has 4 heteroatoms. The monoisotopic (exact) mass is 361 g/mol. The Morgan fingerprint density at radius 2 is 1.59 bits per heavy atom. The average Bonchev–Trinajstić information content (AvgIpc) is 3.04. The van der Waals surface area contributed by atoms with Crippen molar-refractivity contribution in [2.75, 3.05) is 12.0 Å². The van der Waals surface area contributed by atoms with E-state index in [0.29, 0.717) is 11.8 Å². The lowest BCUT2D eigenvalue weighted by molar-refractivity contribution is -0.125. The van der Waals surface area contributed by atoms with E-state index in [1.807, 2.05) is 36.4 Å². The van der Waals surface area contributed by atoms with Gasteiger partial charge in [0.15, 0.2) is 0 Å². The summed E-state index contributed by atoms with van der Waals surface area (Å²) in [6.45, 7) is 0.785. The van der Waals surface area contributed by atoms with Crippen molar-refractivity contribution in [2.24, 2.45) is 11.0 Å². The van der Waals surface area contributed by atoms with Crippen LogP contribution in [0.5, 0.6) is 0 Å². The summed E-state index contributed by atoms with van der Waals surface area (Å²) in [5.74, 6) is 0.254. The van der Waals surface area contributed by atoms with Gasteiger partial charge in [-0.1, -0.05) is 67.8 Å². The van der Waals surface area contributed by atoms with Gasteiger partial charge in [0.1, 0.15) is 5.71 Å². The predicted octanol–water partition coefficient (Wildman–Crippen LogP) is 4.49. The van der Waals surface area contributed by atoms with E-state index in [1.165, 1.54) is 24.8 Å². The van der Waals surface area contributed by atoms with Gasteiger partial charge in [-0.3, -0.25) is 10.2 Å². The molecule has 2 aromatic carbocycles. The molecule has 1 aliphatic heterocycles. The number of nitrogens with one attached hydrogen (secondary N) is 1. The van der Waals surface area contributed by atoms with E-state index in [9.17, 15) is 4.79 Å². The molecule has 1 saturated carbocycles. The van der Waals surface area contributed by atoms with Crippen LogP contribution in [0, 0.1) is 5.92 Å². The van der Waals surface area contributed by atoms with E-state index >= 15 is 0 Å². The summed E-state index contributed by atoms with van der Waals surface area (Å²) < 4.78 is 0. The van der Waals surface area contributed by atoms with Crippen LogP contribution in [0.4, 0.5) is 5.69 Å². The topological polar surface area (TPSA) is 44.7 Å². The van der Waals surface area contributed by atoms with Crippen molar-refractivity contribution in [1.82, 2.24) is 4.90 Å². The zero-order valence-corrected chi connectivity index (χ0v) is 15.7. The number of nitrogens with zero attached hydrogens (tertiary/aromatic N) is 2. The molecule has 1 heterocycles. The molecule has 1 saturated heterocycles. The second-order valence-corrected chi connectivity index (χ2v) is 7.61. The Labute approximate surface area is 161 Å². The molecule has 140 valence electrons. The van der Waals surface area contributed by atoms with E-state index in [2.05, 4.69) is 39.7 Å². The van der Waals surface area contributed by atoms with Gasteiger partial charge >= 0.3 is 0 Å². The zero-order chi connectivity index (χ0) is 18.5. The lowest BCUT2D eigenvalue weighted by Crippen LogP contribution is -2.39. The van der Waals surface area contributed by atoms with Gasteiger partial charge in [-0.25, -0.2) is 0 Å². The molecule has 27 heavy (non-hydrogen) atoms. The fourth-order valence-electron chi connectivity index (χ4n) is 4.27. The van der Waals surface area contributed by atoms with Crippen LogP contribution in [-0.4, -0.2) is 29.1 Å². The second kappa shape index (κ2) is 8.38. The number of amides is 1.